The van der Waals surface area contributed by atoms with E-state index in [1.165, 1.54) is 0 Å². The summed E-state index contributed by atoms with van der Waals surface area (Å²) in [5.41, 5.74) is 1.91. The lowest BCUT2D eigenvalue weighted by atomic mass is 10.2. The minimum atomic E-state index is -3.13. The fourth-order valence-corrected chi connectivity index (χ4v) is 3.01. The molecular formula is C11H17NO2S. The fourth-order valence-electron chi connectivity index (χ4n) is 1.49. The number of hydrogen-bond donors (Lipinski definition) is 1. The molecule has 0 aliphatic rings. The minimum Gasteiger partial charge on any atom is -0.319 e. The summed E-state index contributed by atoms with van der Waals surface area (Å²) >= 11 is 0. The summed E-state index contributed by atoms with van der Waals surface area (Å²) in [6.45, 7) is 4.27. The van der Waals surface area contributed by atoms with Gasteiger partial charge in [0.2, 0.25) is 0 Å². The van der Waals surface area contributed by atoms with Gasteiger partial charge in [0, 0.05) is 6.54 Å². The van der Waals surface area contributed by atoms with Gasteiger partial charge in [-0.3, -0.25) is 0 Å². The Kier molecular flexibility index (Phi) is 3.88. The number of aryl methyl sites for hydroxylation is 2. The van der Waals surface area contributed by atoms with Crippen molar-refractivity contribution in [3.63, 3.8) is 0 Å². The molecule has 1 aromatic carbocycles. The van der Waals surface area contributed by atoms with E-state index in [4.69, 9.17) is 0 Å². The van der Waals surface area contributed by atoms with Crippen molar-refractivity contribution in [1.29, 1.82) is 0 Å². The molecule has 0 unspecified atom stereocenters. The molecule has 0 spiro atoms. The molecule has 0 saturated heterocycles. The summed E-state index contributed by atoms with van der Waals surface area (Å²) in [5, 5.41) is 2.85. The highest BCUT2D eigenvalue weighted by molar-refractivity contribution is 7.91. The number of rotatable bonds is 4. The molecule has 0 amide bonds. The maximum atomic E-state index is 11.9. The lowest BCUT2D eigenvalue weighted by Crippen LogP contribution is -2.20. The zero-order chi connectivity index (χ0) is 11.5. The monoisotopic (exact) mass is 227 g/mol. The van der Waals surface area contributed by atoms with Gasteiger partial charge in [-0.1, -0.05) is 17.7 Å². The first-order valence-electron chi connectivity index (χ1n) is 4.92. The van der Waals surface area contributed by atoms with Crippen LogP contribution in [0.25, 0.3) is 0 Å². The van der Waals surface area contributed by atoms with E-state index in [1.807, 2.05) is 26.0 Å². The number of nitrogens with one attached hydrogen (secondary N) is 1. The van der Waals surface area contributed by atoms with Gasteiger partial charge in [-0.05, 0) is 32.5 Å². The summed E-state index contributed by atoms with van der Waals surface area (Å²) in [4.78, 5) is 0.448. The predicted molar refractivity (Wildman–Crippen MR) is 61.9 cm³/mol. The van der Waals surface area contributed by atoms with Crippen LogP contribution in [0.5, 0.6) is 0 Å². The van der Waals surface area contributed by atoms with Crippen molar-refractivity contribution < 1.29 is 8.42 Å². The van der Waals surface area contributed by atoms with Gasteiger partial charge in [0.25, 0.3) is 0 Å². The van der Waals surface area contributed by atoms with Crippen LogP contribution in [-0.4, -0.2) is 27.8 Å². The minimum absolute atomic E-state index is 0.146. The molecule has 0 fully saturated rings. The lowest BCUT2D eigenvalue weighted by Gasteiger charge is -2.07. The SMILES string of the molecule is CNCCS(=O)(=O)c1ccc(C)cc1C. The summed E-state index contributed by atoms with van der Waals surface area (Å²) in [5.74, 6) is 0.146. The van der Waals surface area contributed by atoms with E-state index in [-0.39, 0.29) is 5.75 Å². The Morgan fingerprint density at radius 2 is 1.93 bits per heavy atom. The topological polar surface area (TPSA) is 46.2 Å². The zero-order valence-electron chi connectivity index (χ0n) is 9.37. The molecule has 0 radical (unpaired) electrons. The standard InChI is InChI=1S/C11H17NO2S/c1-9-4-5-11(10(2)8-9)15(13,14)7-6-12-3/h4-5,8,12H,6-7H2,1-3H3. The lowest BCUT2D eigenvalue weighted by molar-refractivity contribution is 0.593. The van der Waals surface area contributed by atoms with Crippen LogP contribution in [0.15, 0.2) is 23.1 Å². The maximum Gasteiger partial charge on any atom is 0.179 e. The third-order valence-electron chi connectivity index (χ3n) is 2.29. The molecule has 1 N–H and O–H groups in total. The normalized spacial score (nSPS) is 11.7. The smallest absolute Gasteiger partial charge is 0.179 e. The molecule has 4 heteroatoms. The Balaban J connectivity index is 3.05. The van der Waals surface area contributed by atoms with E-state index in [0.717, 1.165) is 11.1 Å². The molecule has 0 heterocycles. The first-order chi connectivity index (χ1) is 6.97. The second-order valence-corrected chi connectivity index (χ2v) is 5.77. The Labute approximate surface area is 91.4 Å². The Bertz CT molecular complexity index is 438. The summed E-state index contributed by atoms with van der Waals surface area (Å²) < 4.78 is 23.8. The summed E-state index contributed by atoms with van der Waals surface area (Å²) in [6.07, 6.45) is 0. The molecule has 15 heavy (non-hydrogen) atoms. The van der Waals surface area contributed by atoms with Crippen molar-refractivity contribution >= 4 is 9.84 Å². The van der Waals surface area contributed by atoms with Crippen LogP contribution in [0.2, 0.25) is 0 Å². The fraction of sp³-hybridized carbons (Fsp3) is 0.455. The molecule has 84 valence electrons. The van der Waals surface area contributed by atoms with Gasteiger partial charge < -0.3 is 5.32 Å². The van der Waals surface area contributed by atoms with Gasteiger partial charge >= 0.3 is 0 Å². The molecule has 0 bridgehead atoms. The van der Waals surface area contributed by atoms with Crippen molar-refractivity contribution in [3.05, 3.63) is 29.3 Å². The van der Waals surface area contributed by atoms with Crippen LogP contribution < -0.4 is 5.32 Å². The molecule has 0 aromatic heterocycles. The van der Waals surface area contributed by atoms with Crippen molar-refractivity contribution in [2.75, 3.05) is 19.3 Å². The van der Waals surface area contributed by atoms with Crippen molar-refractivity contribution in [3.8, 4) is 0 Å². The molecule has 1 rings (SSSR count). The Morgan fingerprint density at radius 3 is 2.47 bits per heavy atom. The molecule has 3 nitrogen and oxygen atoms in total. The highest BCUT2D eigenvalue weighted by Gasteiger charge is 2.15. The first-order valence-corrected chi connectivity index (χ1v) is 6.57. The van der Waals surface area contributed by atoms with E-state index >= 15 is 0 Å². The highest BCUT2D eigenvalue weighted by atomic mass is 32.2. The number of benzene rings is 1. The third kappa shape index (κ3) is 3.04. The van der Waals surface area contributed by atoms with Crippen molar-refractivity contribution in [1.82, 2.24) is 5.32 Å². The van der Waals surface area contributed by atoms with Crippen molar-refractivity contribution in [2.45, 2.75) is 18.7 Å². The first kappa shape index (κ1) is 12.2. The Hall–Kier alpha value is -0.870. The second-order valence-electron chi connectivity index (χ2n) is 3.69. The molecule has 1 aromatic rings. The molecule has 0 atom stereocenters. The Morgan fingerprint density at radius 1 is 1.27 bits per heavy atom. The van der Waals surface area contributed by atoms with Gasteiger partial charge in [-0.2, -0.15) is 0 Å². The van der Waals surface area contributed by atoms with E-state index < -0.39 is 9.84 Å². The predicted octanol–water partition coefficient (Wildman–Crippen LogP) is 1.30. The van der Waals surface area contributed by atoms with E-state index in [2.05, 4.69) is 5.32 Å². The van der Waals surface area contributed by atoms with E-state index in [0.29, 0.717) is 11.4 Å². The van der Waals surface area contributed by atoms with Crippen LogP contribution in [0.3, 0.4) is 0 Å². The maximum absolute atomic E-state index is 11.9. The highest BCUT2D eigenvalue weighted by Crippen LogP contribution is 2.17. The zero-order valence-corrected chi connectivity index (χ0v) is 10.2. The number of hydrogen-bond acceptors (Lipinski definition) is 3. The quantitative estimate of drug-likeness (QED) is 0.843. The van der Waals surface area contributed by atoms with Crippen LogP contribution in [-0.2, 0) is 9.84 Å². The molecule has 0 aliphatic carbocycles. The van der Waals surface area contributed by atoms with E-state index in [9.17, 15) is 8.42 Å². The van der Waals surface area contributed by atoms with Crippen LogP contribution >= 0.6 is 0 Å². The second kappa shape index (κ2) is 4.77. The largest absolute Gasteiger partial charge is 0.319 e. The molecular weight excluding hydrogens is 210 g/mol. The van der Waals surface area contributed by atoms with Gasteiger partial charge in [-0.25, -0.2) is 8.42 Å². The average molecular weight is 227 g/mol. The van der Waals surface area contributed by atoms with Gasteiger partial charge in [0.15, 0.2) is 9.84 Å². The molecule has 0 saturated carbocycles. The van der Waals surface area contributed by atoms with E-state index in [1.54, 1.807) is 13.1 Å². The van der Waals surface area contributed by atoms with Gasteiger partial charge in [0.1, 0.15) is 0 Å². The average Bonchev–Trinajstić information content (AvgIpc) is 2.14. The van der Waals surface area contributed by atoms with Crippen LogP contribution in [0.4, 0.5) is 0 Å². The van der Waals surface area contributed by atoms with Crippen molar-refractivity contribution in [2.24, 2.45) is 0 Å². The van der Waals surface area contributed by atoms with Gasteiger partial charge in [0.05, 0.1) is 10.6 Å². The summed E-state index contributed by atoms with van der Waals surface area (Å²) in [7, 11) is -1.38. The third-order valence-corrected chi connectivity index (χ3v) is 4.16. The number of sulfone groups is 1. The van der Waals surface area contributed by atoms with Crippen LogP contribution in [0.1, 0.15) is 11.1 Å². The summed E-state index contributed by atoms with van der Waals surface area (Å²) in [6, 6.07) is 5.42. The van der Waals surface area contributed by atoms with Crippen LogP contribution in [0, 0.1) is 13.8 Å². The molecule has 0 aliphatic heterocycles. The van der Waals surface area contributed by atoms with Gasteiger partial charge in [-0.15, -0.1) is 0 Å².